The van der Waals surface area contributed by atoms with E-state index >= 15 is 0 Å². The lowest BCUT2D eigenvalue weighted by Crippen LogP contribution is -2.20. The van der Waals surface area contributed by atoms with Gasteiger partial charge in [0, 0.05) is 17.9 Å². The van der Waals surface area contributed by atoms with Gasteiger partial charge in [0.25, 0.3) is 0 Å². The van der Waals surface area contributed by atoms with Crippen LogP contribution in [-0.4, -0.2) is 54.0 Å². The zero-order valence-electron chi connectivity index (χ0n) is 14.8. The van der Waals surface area contributed by atoms with E-state index in [2.05, 4.69) is 0 Å². The Morgan fingerprint density at radius 1 is 0.923 bits per heavy atom. The van der Waals surface area contributed by atoms with Crippen molar-refractivity contribution < 1.29 is 29.3 Å². The molecule has 2 aliphatic rings. The molecule has 3 N–H and O–H groups in total. The largest absolute Gasteiger partial charge is 0.493 e. The van der Waals surface area contributed by atoms with E-state index in [9.17, 15) is 19.8 Å². The number of ketones is 2. The molecule has 0 spiro atoms. The molecule has 0 bridgehead atoms. The number of rotatable bonds is 7. The second-order valence-electron chi connectivity index (χ2n) is 5.87. The maximum atomic E-state index is 11.6. The summed E-state index contributed by atoms with van der Waals surface area (Å²) in [6.07, 6.45) is 13.1. The predicted molar refractivity (Wildman–Crippen MR) is 97.7 cm³/mol. The first-order valence-electron chi connectivity index (χ1n) is 8.15. The molecule has 0 aliphatic heterocycles. The van der Waals surface area contributed by atoms with Crippen molar-refractivity contribution >= 4 is 11.6 Å². The van der Waals surface area contributed by atoms with Gasteiger partial charge in [0.2, 0.25) is 11.5 Å². The van der Waals surface area contributed by atoms with E-state index in [1.807, 2.05) is 0 Å². The Kier molecular flexibility index (Phi) is 6.89. The molecule has 0 heterocycles. The summed E-state index contributed by atoms with van der Waals surface area (Å²) in [7, 11) is 2.88. The smallest absolute Gasteiger partial charge is 0.381 e. The van der Waals surface area contributed by atoms with Gasteiger partial charge in [-0.2, -0.15) is 0 Å². The first kappa shape index (κ1) is 19.6. The van der Waals surface area contributed by atoms with E-state index in [1.54, 1.807) is 36.5 Å². The molecule has 0 amide bonds. The predicted octanol–water partition coefficient (Wildman–Crippen LogP) is 1.37. The van der Waals surface area contributed by atoms with Gasteiger partial charge in [-0.3, -0.25) is 9.59 Å². The average Bonchev–Trinajstić information content (AvgIpc) is 2.66. The number of carbonyl (C=O) groups excluding carboxylic acids is 2. The Morgan fingerprint density at radius 3 is 1.92 bits per heavy atom. The molecule has 2 rings (SSSR count). The second-order valence-corrected chi connectivity index (χ2v) is 5.87. The van der Waals surface area contributed by atoms with E-state index in [4.69, 9.17) is 9.47 Å². The topological polar surface area (TPSA) is 97.4 Å². The fourth-order valence-electron chi connectivity index (χ4n) is 2.70. The van der Waals surface area contributed by atoms with Crippen molar-refractivity contribution in [2.45, 2.75) is 0 Å². The molecule has 0 aromatic carbocycles. The fourth-order valence-corrected chi connectivity index (χ4v) is 2.70. The minimum absolute atomic E-state index is 0.0280. The van der Waals surface area contributed by atoms with Crippen molar-refractivity contribution in [3.05, 3.63) is 71.3 Å². The fraction of sp³-hybridized carbons (Fsp3) is 0.300. The first-order chi connectivity index (χ1) is 12.5. The zero-order chi connectivity index (χ0) is 19.1. The van der Waals surface area contributed by atoms with Crippen LogP contribution in [0.1, 0.15) is 0 Å². The van der Waals surface area contributed by atoms with Crippen LogP contribution in [0.4, 0.5) is 0 Å². The van der Waals surface area contributed by atoms with Crippen molar-refractivity contribution in [2.75, 3.05) is 27.4 Å². The van der Waals surface area contributed by atoms with Crippen LogP contribution in [-0.2, 0) is 14.3 Å². The molecule has 0 fully saturated rings. The number of hydrogen-bond donors (Lipinski definition) is 2. The minimum atomic E-state index is -0.373. The summed E-state index contributed by atoms with van der Waals surface area (Å²) < 4.78 is 10.1. The molecule has 0 saturated carbocycles. The third-order valence-electron chi connectivity index (χ3n) is 4.18. The van der Waals surface area contributed by atoms with Gasteiger partial charge >= 0.3 is 5.78 Å². The van der Waals surface area contributed by atoms with E-state index in [1.165, 1.54) is 26.4 Å². The van der Waals surface area contributed by atoms with Crippen LogP contribution in [0.15, 0.2) is 71.3 Å². The van der Waals surface area contributed by atoms with Crippen molar-refractivity contribution in [3.63, 3.8) is 0 Å². The highest BCUT2D eigenvalue weighted by atomic mass is 16.5. The van der Waals surface area contributed by atoms with E-state index in [0.29, 0.717) is 5.76 Å². The molecule has 2 aliphatic carbocycles. The van der Waals surface area contributed by atoms with Crippen molar-refractivity contribution in [1.29, 1.82) is 0 Å². The Bertz CT molecular complexity index is 684. The van der Waals surface area contributed by atoms with Crippen LogP contribution in [0.5, 0.6) is 0 Å². The summed E-state index contributed by atoms with van der Waals surface area (Å²) in [6, 6.07) is 0. The molecule has 0 aromatic rings. The standard InChI is InChI=1S/C20H22O6/c1-25-19-9-13(3-5-17(19)23)7-15(11-21)16(12-22)8-14-4-6-18(24)20(10-14)26-2/h3-10,15-16,21-22H,11-12H2,1-2H3/p+1/b13-7-,14-8-/t15-,16-/m1/s1. The molecule has 0 unspecified atom stereocenters. The SMILES string of the molecule is COC1=C/C(=C\[C@H](CO)[C@H](/C=C2/C=CC(=[OH+])C(OC)=C2)CO)C=CC1=O. The van der Waals surface area contributed by atoms with Gasteiger partial charge in [0.1, 0.15) is 0 Å². The lowest BCUT2D eigenvalue weighted by molar-refractivity contribution is -0.114. The first-order valence-corrected chi connectivity index (χ1v) is 8.15. The summed E-state index contributed by atoms with van der Waals surface area (Å²) in [5.74, 6) is -0.375. The molecule has 0 radical (unpaired) electrons. The lowest BCUT2D eigenvalue weighted by Gasteiger charge is -2.20. The Labute approximate surface area is 152 Å². The molecule has 0 saturated heterocycles. The van der Waals surface area contributed by atoms with Crippen molar-refractivity contribution in [3.8, 4) is 0 Å². The number of carbonyl (C=O) groups is 1. The third-order valence-corrected chi connectivity index (χ3v) is 4.18. The highest BCUT2D eigenvalue weighted by Crippen LogP contribution is 2.24. The van der Waals surface area contributed by atoms with E-state index in [0.717, 1.165) is 11.1 Å². The van der Waals surface area contributed by atoms with E-state index < -0.39 is 0 Å². The number of methoxy groups -OCH3 is 2. The maximum Gasteiger partial charge on any atom is 0.381 e. The second kappa shape index (κ2) is 9.12. The summed E-state index contributed by atoms with van der Waals surface area (Å²) in [4.78, 5) is 21.3. The average molecular weight is 359 g/mol. The third kappa shape index (κ3) is 4.68. The monoisotopic (exact) mass is 359 g/mol. The quantitative estimate of drug-likeness (QED) is 0.669. The molecule has 6 nitrogen and oxygen atoms in total. The normalized spacial score (nSPS) is 22.3. The lowest BCUT2D eigenvalue weighted by atomic mass is 9.88. The van der Waals surface area contributed by atoms with Gasteiger partial charge in [-0.05, 0) is 35.5 Å². The molecule has 26 heavy (non-hydrogen) atoms. The van der Waals surface area contributed by atoms with Gasteiger partial charge in [0.05, 0.1) is 27.4 Å². The number of ether oxygens (including phenoxy) is 2. The van der Waals surface area contributed by atoms with Crippen LogP contribution in [0.2, 0.25) is 0 Å². The van der Waals surface area contributed by atoms with Gasteiger partial charge in [-0.25, -0.2) is 0 Å². The molecule has 6 heteroatoms. The van der Waals surface area contributed by atoms with E-state index in [-0.39, 0.29) is 42.4 Å². The van der Waals surface area contributed by atoms with Gasteiger partial charge in [-0.1, -0.05) is 18.2 Å². The highest BCUT2D eigenvalue weighted by molar-refractivity contribution is 6.05. The summed E-state index contributed by atoms with van der Waals surface area (Å²) in [5.41, 5.74) is 1.47. The van der Waals surface area contributed by atoms with Crippen molar-refractivity contribution in [2.24, 2.45) is 11.8 Å². The van der Waals surface area contributed by atoms with Gasteiger partial charge in [-0.15, -0.1) is 0 Å². The van der Waals surface area contributed by atoms with Crippen LogP contribution in [0, 0.1) is 11.8 Å². The summed E-state index contributed by atoms with van der Waals surface area (Å²) in [5, 5.41) is 19.5. The molecule has 138 valence electrons. The number of aliphatic hydroxyl groups excluding tert-OH is 2. The van der Waals surface area contributed by atoms with Gasteiger partial charge < -0.3 is 19.7 Å². The molecular weight excluding hydrogens is 336 g/mol. The Hall–Kier alpha value is -2.70. The van der Waals surface area contributed by atoms with Crippen LogP contribution < -0.4 is 0 Å². The number of hydrogen-bond acceptors (Lipinski definition) is 5. The van der Waals surface area contributed by atoms with Crippen LogP contribution >= 0.6 is 0 Å². The van der Waals surface area contributed by atoms with Gasteiger partial charge in [0.15, 0.2) is 5.76 Å². The zero-order valence-corrected chi connectivity index (χ0v) is 14.8. The highest BCUT2D eigenvalue weighted by Gasteiger charge is 2.21. The summed E-state index contributed by atoms with van der Waals surface area (Å²) >= 11 is 0. The molecule has 2 atom stereocenters. The minimum Gasteiger partial charge on any atom is -0.493 e. The maximum absolute atomic E-state index is 11.6. The summed E-state index contributed by atoms with van der Waals surface area (Å²) in [6.45, 7) is -0.361. The Balaban J connectivity index is 2.27. The molecular formula is C20H23O6+. The number of aliphatic hydroxyl groups is 2. The van der Waals surface area contributed by atoms with Crippen LogP contribution in [0.3, 0.4) is 0 Å². The Morgan fingerprint density at radius 2 is 1.42 bits per heavy atom. The van der Waals surface area contributed by atoms with Crippen LogP contribution in [0.25, 0.3) is 0 Å². The number of allylic oxidation sites excluding steroid dienone is 8. The molecule has 0 aromatic heterocycles. The van der Waals surface area contributed by atoms with Crippen molar-refractivity contribution in [1.82, 2.24) is 0 Å².